The first kappa shape index (κ1) is 29.7. The number of aryl methyl sites for hydroxylation is 1. The van der Waals surface area contributed by atoms with Gasteiger partial charge in [0.25, 0.3) is 0 Å². The number of aliphatic hydroxyl groups excluding tert-OH is 2. The van der Waals surface area contributed by atoms with Gasteiger partial charge in [-0.05, 0) is 131 Å². The monoisotopic (exact) mass is 578 g/mol. The van der Waals surface area contributed by atoms with Gasteiger partial charge in [0, 0.05) is 24.0 Å². The van der Waals surface area contributed by atoms with Gasteiger partial charge in [-0.15, -0.1) is 0 Å². The van der Waals surface area contributed by atoms with Crippen LogP contribution in [-0.4, -0.2) is 58.8 Å². The van der Waals surface area contributed by atoms with E-state index in [9.17, 15) is 15.3 Å². The molecule has 1 aromatic carbocycles. The highest BCUT2D eigenvalue weighted by Gasteiger charge is 2.80. The molecule has 5 nitrogen and oxygen atoms in total. The summed E-state index contributed by atoms with van der Waals surface area (Å²) in [6.07, 6.45) is 16.6. The fraction of sp³-hybridized carbons (Fsp3) is 0.838. The number of benzene rings is 1. The minimum Gasteiger partial charge on any atom is -0.393 e. The number of fused-ring (bicyclic) bond motifs is 5. The van der Waals surface area contributed by atoms with Gasteiger partial charge in [-0.25, -0.2) is 0 Å². The summed E-state index contributed by atoms with van der Waals surface area (Å²) in [7, 11) is 2.07. The maximum absolute atomic E-state index is 12.4. The lowest BCUT2D eigenvalue weighted by Gasteiger charge is -2.75. The highest BCUT2D eigenvalue weighted by molar-refractivity contribution is 5.29. The van der Waals surface area contributed by atoms with Gasteiger partial charge in [-0.1, -0.05) is 56.5 Å². The summed E-state index contributed by atoms with van der Waals surface area (Å²) in [5.74, 6) is 2.14. The van der Waals surface area contributed by atoms with Crippen molar-refractivity contribution in [3.8, 4) is 0 Å². The molecule has 1 heterocycles. The highest BCUT2D eigenvalue weighted by Crippen LogP contribution is 2.82. The fourth-order valence-corrected chi connectivity index (χ4v) is 12.7. The molecule has 6 fully saturated rings. The average Bonchev–Trinajstić information content (AvgIpc) is 3.34. The second-order valence-electron chi connectivity index (χ2n) is 16.6. The molecule has 0 amide bonds. The van der Waals surface area contributed by atoms with Crippen LogP contribution in [0.15, 0.2) is 30.3 Å². The van der Waals surface area contributed by atoms with Gasteiger partial charge in [0.05, 0.1) is 17.8 Å². The molecule has 5 aliphatic carbocycles. The van der Waals surface area contributed by atoms with E-state index in [4.69, 9.17) is 0 Å². The van der Waals surface area contributed by atoms with Crippen LogP contribution in [-0.2, 0) is 6.42 Å². The molecule has 1 aromatic rings. The molecule has 42 heavy (non-hydrogen) atoms. The van der Waals surface area contributed by atoms with E-state index in [1.807, 2.05) is 0 Å². The van der Waals surface area contributed by atoms with E-state index in [2.05, 4.69) is 54.9 Å². The van der Waals surface area contributed by atoms with Gasteiger partial charge in [0.15, 0.2) is 0 Å². The van der Waals surface area contributed by atoms with Crippen LogP contribution < -0.4 is 10.6 Å². The molecule has 5 heteroatoms. The predicted octanol–water partition coefficient (Wildman–Crippen LogP) is 5.61. The van der Waals surface area contributed by atoms with Crippen molar-refractivity contribution in [2.24, 2.45) is 39.9 Å². The lowest BCUT2D eigenvalue weighted by molar-refractivity contribution is -0.305. The maximum atomic E-state index is 12.4. The number of rotatable bonds is 9. The van der Waals surface area contributed by atoms with Crippen molar-refractivity contribution in [3.63, 3.8) is 0 Å². The van der Waals surface area contributed by atoms with E-state index < -0.39 is 5.60 Å². The minimum absolute atomic E-state index is 0.0721. The van der Waals surface area contributed by atoms with Gasteiger partial charge < -0.3 is 26.0 Å². The molecule has 12 atom stereocenters. The Bertz CT molecular complexity index is 1100. The van der Waals surface area contributed by atoms with Gasteiger partial charge in [0.2, 0.25) is 0 Å². The van der Waals surface area contributed by atoms with Crippen LogP contribution in [0.2, 0.25) is 0 Å². The van der Waals surface area contributed by atoms with E-state index in [1.54, 1.807) is 0 Å². The normalized spacial score (nSPS) is 48.2. The van der Waals surface area contributed by atoms with Crippen LogP contribution in [0.1, 0.15) is 109 Å². The molecular formula is C37H58N2O3. The van der Waals surface area contributed by atoms with Crippen LogP contribution in [0.4, 0.5) is 0 Å². The molecule has 2 bridgehead atoms. The molecule has 6 aliphatic rings. The maximum Gasteiger partial charge on any atom is 0.0687 e. The summed E-state index contributed by atoms with van der Waals surface area (Å²) in [4.78, 5) is 0. The summed E-state index contributed by atoms with van der Waals surface area (Å²) >= 11 is 0. The summed E-state index contributed by atoms with van der Waals surface area (Å²) in [6.45, 7) is 3.39. The average molecular weight is 579 g/mol. The Kier molecular flexibility index (Phi) is 7.87. The summed E-state index contributed by atoms with van der Waals surface area (Å²) in [6, 6.07) is 11.6. The Labute approximate surface area is 254 Å². The zero-order valence-electron chi connectivity index (χ0n) is 26.4. The van der Waals surface area contributed by atoms with E-state index in [-0.39, 0.29) is 34.4 Å². The van der Waals surface area contributed by atoms with Crippen LogP contribution in [0, 0.1) is 39.9 Å². The second kappa shape index (κ2) is 11.1. The van der Waals surface area contributed by atoms with Crippen LogP contribution >= 0.6 is 0 Å². The molecular weight excluding hydrogens is 520 g/mol. The molecule has 1 aliphatic heterocycles. The van der Waals surface area contributed by atoms with Crippen molar-refractivity contribution in [3.05, 3.63) is 35.9 Å². The largest absolute Gasteiger partial charge is 0.393 e. The van der Waals surface area contributed by atoms with Gasteiger partial charge in [-0.2, -0.15) is 0 Å². The summed E-state index contributed by atoms with van der Waals surface area (Å²) in [5.41, 5.74) is 0.839. The molecule has 5 saturated carbocycles. The lowest BCUT2D eigenvalue weighted by Crippen LogP contribution is -2.76. The molecule has 12 unspecified atom stereocenters. The van der Waals surface area contributed by atoms with Crippen LogP contribution in [0.25, 0.3) is 0 Å². The first-order chi connectivity index (χ1) is 20.2. The quantitative estimate of drug-likeness (QED) is 0.263. The first-order valence-electron chi connectivity index (χ1n) is 17.7. The third-order valence-corrected chi connectivity index (χ3v) is 14.2. The van der Waals surface area contributed by atoms with Crippen LogP contribution in [0.5, 0.6) is 0 Å². The predicted molar refractivity (Wildman–Crippen MR) is 168 cm³/mol. The van der Waals surface area contributed by atoms with Gasteiger partial charge in [-0.3, -0.25) is 0 Å². The van der Waals surface area contributed by atoms with E-state index in [1.165, 1.54) is 37.7 Å². The number of hydrogen-bond acceptors (Lipinski definition) is 5. The van der Waals surface area contributed by atoms with Gasteiger partial charge in [0.1, 0.15) is 0 Å². The Morgan fingerprint density at radius 2 is 1.88 bits per heavy atom. The Hall–Kier alpha value is -0.980. The third kappa shape index (κ3) is 4.75. The molecule has 1 saturated heterocycles. The van der Waals surface area contributed by atoms with Crippen molar-refractivity contribution < 1.29 is 15.3 Å². The van der Waals surface area contributed by atoms with E-state index >= 15 is 0 Å². The number of nitrogens with one attached hydrogen (secondary N) is 2. The molecule has 7 rings (SSSR count). The summed E-state index contributed by atoms with van der Waals surface area (Å²) in [5, 5.41) is 43.1. The Morgan fingerprint density at radius 3 is 2.69 bits per heavy atom. The number of hydrogen-bond donors (Lipinski definition) is 5. The molecule has 5 N–H and O–H groups in total. The van der Waals surface area contributed by atoms with E-state index in [0.29, 0.717) is 29.8 Å². The Balaban J connectivity index is 1.10. The SMILES string of the molecule is CNCC1CCC2CC34C(O)CC5(C)CCCC(O)(C5)C3CC43CC(CCCC(O)CCc4ccccc4)CC3C2N1. The Morgan fingerprint density at radius 1 is 1.05 bits per heavy atom. The molecule has 0 radical (unpaired) electrons. The number of aliphatic hydroxyl groups is 3. The van der Waals surface area contributed by atoms with Crippen molar-refractivity contribution in [2.75, 3.05) is 13.6 Å². The smallest absolute Gasteiger partial charge is 0.0687 e. The summed E-state index contributed by atoms with van der Waals surface area (Å²) < 4.78 is 0. The number of likely N-dealkylation sites (N-methyl/N-ethyl adjacent to an activating group) is 1. The van der Waals surface area contributed by atoms with E-state index in [0.717, 1.165) is 77.2 Å². The minimum atomic E-state index is -0.592. The molecule has 0 aromatic heterocycles. The van der Waals surface area contributed by atoms with Crippen molar-refractivity contribution in [2.45, 2.75) is 140 Å². The highest BCUT2D eigenvalue weighted by atomic mass is 16.3. The molecule has 2 spiro atoms. The first-order valence-corrected chi connectivity index (χ1v) is 17.7. The standard InChI is InChI=1S/C37H58N2O3/c1-34-16-7-17-36(42,24-34)31-21-35-19-26(10-6-11-29(40)15-12-25-8-4-3-5-9-25)18-30(35)33-27(13-14-28(39-33)23-38-2)20-37(31,35)32(41)22-34/h3-5,8-9,26-33,38-42H,6-7,10-24H2,1-2H3. The van der Waals surface area contributed by atoms with Gasteiger partial charge >= 0.3 is 0 Å². The zero-order valence-corrected chi connectivity index (χ0v) is 26.4. The van der Waals surface area contributed by atoms with Crippen molar-refractivity contribution >= 4 is 0 Å². The second-order valence-corrected chi connectivity index (χ2v) is 16.6. The third-order valence-electron chi connectivity index (χ3n) is 14.2. The number of piperidine rings is 1. The lowest BCUT2D eigenvalue weighted by atomic mass is 9.31. The zero-order chi connectivity index (χ0) is 29.2. The molecule has 234 valence electrons. The van der Waals surface area contributed by atoms with Crippen molar-refractivity contribution in [1.29, 1.82) is 0 Å². The van der Waals surface area contributed by atoms with Crippen molar-refractivity contribution in [1.82, 2.24) is 10.6 Å². The van der Waals surface area contributed by atoms with Crippen LogP contribution in [0.3, 0.4) is 0 Å². The topological polar surface area (TPSA) is 84.8 Å². The fourth-order valence-electron chi connectivity index (χ4n) is 12.7.